The summed E-state index contributed by atoms with van der Waals surface area (Å²) in [6, 6.07) is 9.22. The van der Waals surface area contributed by atoms with Crippen LogP contribution in [0.25, 0.3) is 11.3 Å². The fourth-order valence-electron chi connectivity index (χ4n) is 5.58. The summed E-state index contributed by atoms with van der Waals surface area (Å²) in [6.45, 7) is 8.93. The molecule has 7 nitrogen and oxygen atoms in total. The lowest BCUT2D eigenvalue weighted by Crippen LogP contribution is -2.38. The first-order valence-electron chi connectivity index (χ1n) is 14.1. The second kappa shape index (κ2) is 11.9. The number of carbonyl (C=O) groups is 1. The van der Waals surface area contributed by atoms with Gasteiger partial charge in [-0.25, -0.2) is 18.7 Å². The summed E-state index contributed by atoms with van der Waals surface area (Å²) >= 11 is 0. The van der Waals surface area contributed by atoms with Crippen molar-refractivity contribution in [3.63, 3.8) is 0 Å². The third kappa shape index (κ3) is 5.94. The van der Waals surface area contributed by atoms with E-state index in [1.807, 2.05) is 37.8 Å². The first-order valence-corrected chi connectivity index (χ1v) is 14.1. The molecule has 0 unspecified atom stereocenters. The number of nitrogens with one attached hydrogen (secondary N) is 1. The number of anilines is 2. The van der Waals surface area contributed by atoms with Crippen LogP contribution < -0.4 is 15.0 Å². The van der Waals surface area contributed by atoms with Crippen molar-refractivity contribution in [2.45, 2.75) is 58.4 Å². The number of likely N-dealkylation sites (tertiary alicyclic amines) is 1. The molecule has 0 atom stereocenters. The van der Waals surface area contributed by atoms with Crippen LogP contribution in [0.15, 0.2) is 36.5 Å². The van der Waals surface area contributed by atoms with Crippen molar-refractivity contribution in [1.82, 2.24) is 14.9 Å². The average molecular weight is 550 g/mol. The zero-order chi connectivity index (χ0) is 28.4. The Kier molecular flexibility index (Phi) is 8.30. The Morgan fingerprint density at radius 1 is 1.12 bits per heavy atom. The zero-order valence-corrected chi connectivity index (χ0v) is 23.6. The Bertz CT molecular complexity index is 1390. The predicted molar refractivity (Wildman–Crippen MR) is 153 cm³/mol. The van der Waals surface area contributed by atoms with Gasteiger partial charge in [-0.3, -0.25) is 4.79 Å². The number of rotatable bonds is 7. The Labute approximate surface area is 234 Å². The molecule has 2 aromatic carbocycles. The molecule has 0 spiro atoms. The molecule has 2 aliphatic heterocycles. The van der Waals surface area contributed by atoms with Crippen molar-refractivity contribution < 1.29 is 18.3 Å². The molecule has 3 heterocycles. The lowest BCUT2D eigenvalue weighted by molar-refractivity contribution is -0.115. The minimum Gasteiger partial charge on any atom is -0.486 e. The zero-order valence-electron chi connectivity index (χ0n) is 23.6. The van der Waals surface area contributed by atoms with E-state index in [0.29, 0.717) is 49.0 Å². The number of nitrogens with zero attached hydrogens (tertiary/aromatic N) is 4. The molecule has 0 radical (unpaired) electrons. The summed E-state index contributed by atoms with van der Waals surface area (Å²) in [7, 11) is 2.13. The molecule has 1 saturated heterocycles. The quantitative estimate of drug-likeness (QED) is 0.403. The van der Waals surface area contributed by atoms with Gasteiger partial charge in [0.25, 0.3) is 0 Å². The highest BCUT2D eigenvalue weighted by Gasteiger charge is 2.26. The topological polar surface area (TPSA) is 70.6 Å². The van der Waals surface area contributed by atoms with Crippen LogP contribution in [0.2, 0.25) is 0 Å². The third-order valence-electron chi connectivity index (χ3n) is 7.84. The lowest BCUT2D eigenvalue weighted by atomic mass is 9.87. The number of ether oxygens (including phenoxy) is 1. The fraction of sp³-hybridized carbons (Fsp3) is 0.452. The molecule has 9 heteroatoms. The minimum absolute atomic E-state index is 0.0412. The fourth-order valence-corrected chi connectivity index (χ4v) is 5.58. The van der Waals surface area contributed by atoms with Gasteiger partial charge in [-0.15, -0.1) is 0 Å². The Balaban J connectivity index is 1.45. The number of piperidine rings is 1. The number of aromatic nitrogens is 2. The second-order valence-corrected chi connectivity index (χ2v) is 11.0. The second-order valence-electron chi connectivity index (χ2n) is 11.0. The van der Waals surface area contributed by atoms with Crippen LogP contribution in [-0.4, -0.2) is 60.1 Å². The van der Waals surface area contributed by atoms with Crippen LogP contribution in [0.1, 0.15) is 62.9 Å². The van der Waals surface area contributed by atoms with E-state index < -0.39 is 11.6 Å². The van der Waals surface area contributed by atoms with E-state index >= 15 is 8.78 Å². The van der Waals surface area contributed by atoms with Crippen LogP contribution in [0.3, 0.4) is 0 Å². The number of hydrogen-bond donors (Lipinski definition) is 1. The molecule has 1 N–H and O–H groups in total. The number of halogens is 2. The smallest absolute Gasteiger partial charge is 0.224 e. The van der Waals surface area contributed by atoms with Gasteiger partial charge in [0.15, 0.2) is 17.4 Å². The highest BCUT2D eigenvalue weighted by Crippen LogP contribution is 2.39. The normalized spacial score (nSPS) is 16.1. The van der Waals surface area contributed by atoms with E-state index in [9.17, 15) is 4.79 Å². The van der Waals surface area contributed by atoms with Gasteiger partial charge in [0.05, 0.1) is 18.4 Å². The van der Waals surface area contributed by atoms with E-state index in [4.69, 9.17) is 4.74 Å². The highest BCUT2D eigenvalue weighted by molar-refractivity contribution is 5.91. The molecule has 1 amide bonds. The SMILES string of the molecule is CCC(=O)Nc1cc(Cc2ncc(F)c(-c3cc(F)c4c(c3)N(C(C)C)CCO4)n2)ccc1C1CCN(C)CC1. The van der Waals surface area contributed by atoms with Gasteiger partial charge in [-0.2, -0.15) is 0 Å². The molecule has 3 aromatic rings. The van der Waals surface area contributed by atoms with Crippen molar-refractivity contribution in [1.29, 1.82) is 0 Å². The molecular weight excluding hydrogens is 512 g/mol. The summed E-state index contributed by atoms with van der Waals surface area (Å²) < 4.78 is 35.7. The highest BCUT2D eigenvalue weighted by atomic mass is 19.1. The van der Waals surface area contributed by atoms with E-state index in [-0.39, 0.29) is 23.4 Å². The predicted octanol–water partition coefficient (Wildman–Crippen LogP) is 5.78. The maximum absolute atomic E-state index is 15.1. The molecule has 0 aliphatic carbocycles. The van der Waals surface area contributed by atoms with Crippen LogP contribution >= 0.6 is 0 Å². The Morgan fingerprint density at radius 2 is 1.90 bits per heavy atom. The van der Waals surface area contributed by atoms with Crippen LogP contribution in [0, 0.1) is 11.6 Å². The monoisotopic (exact) mass is 549 g/mol. The first kappa shape index (κ1) is 28.0. The van der Waals surface area contributed by atoms with Crippen molar-refractivity contribution in [2.75, 3.05) is 43.5 Å². The number of benzene rings is 2. The summed E-state index contributed by atoms with van der Waals surface area (Å²) in [5.41, 5.74) is 3.83. The molecule has 2 aliphatic rings. The lowest BCUT2D eigenvalue weighted by Gasteiger charge is -2.34. The molecule has 212 valence electrons. The summed E-state index contributed by atoms with van der Waals surface area (Å²) in [5.74, 6) is -0.237. The Hall–Kier alpha value is -3.59. The van der Waals surface area contributed by atoms with Crippen molar-refractivity contribution in [3.8, 4) is 17.0 Å². The van der Waals surface area contributed by atoms with Crippen molar-refractivity contribution >= 4 is 17.3 Å². The number of amides is 1. The summed E-state index contributed by atoms with van der Waals surface area (Å²) in [4.78, 5) is 25.5. The average Bonchev–Trinajstić information content (AvgIpc) is 2.94. The van der Waals surface area contributed by atoms with Gasteiger partial charge >= 0.3 is 0 Å². The maximum Gasteiger partial charge on any atom is 0.224 e. The third-order valence-corrected chi connectivity index (χ3v) is 7.84. The van der Waals surface area contributed by atoms with Gasteiger partial charge in [-0.05, 0) is 82.1 Å². The van der Waals surface area contributed by atoms with Gasteiger partial charge < -0.3 is 19.9 Å². The number of fused-ring (bicyclic) bond motifs is 1. The van der Waals surface area contributed by atoms with Crippen LogP contribution in [0.5, 0.6) is 5.75 Å². The van der Waals surface area contributed by atoms with Gasteiger partial charge in [0.2, 0.25) is 5.91 Å². The van der Waals surface area contributed by atoms with E-state index in [0.717, 1.165) is 48.9 Å². The molecule has 0 saturated carbocycles. The van der Waals surface area contributed by atoms with Crippen LogP contribution in [-0.2, 0) is 11.2 Å². The number of hydrogen-bond acceptors (Lipinski definition) is 6. The van der Waals surface area contributed by atoms with Gasteiger partial charge in [0, 0.05) is 30.1 Å². The van der Waals surface area contributed by atoms with Crippen LogP contribution in [0.4, 0.5) is 20.2 Å². The first-order chi connectivity index (χ1) is 19.2. The van der Waals surface area contributed by atoms with E-state index in [2.05, 4.69) is 33.3 Å². The maximum atomic E-state index is 15.1. The molecular formula is C31H37F2N5O2. The van der Waals surface area contributed by atoms with Crippen molar-refractivity contribution in [3.05, 3.63) is 65.1 Å². The molecule has 1 fully saturated rings. The summed E-state index contributed by atoms with van der Waals surface area (Å²) in [5, 5.41) is 3.08. The van der Waals surface area contributed by atoms with Crippen molar-refractivity contribution in [2.24, 2.45) is 0 Å². The summed E-state index contributed by atoms with van der Waals surface area (Å²) in [6.07, 6.45) is 3.93. The minimum atomic E-state index is -0.621. The van der Waals surface area contributed by atoms with Gasteiger partial charge in [-0.1, -0.05) is 19.1 Å². The van der Waals surface area contributed by atoms with E-state index in [1.165, 1.54) is 6.07 Å². The molecule has 0 bridgehead atoms. The molecule has 40 heavy (non-hydrogen) atoms. The largest absolute Gasteiger partial charge is 0.486 e. The standard InChI is InChI=1S/C31H37F2N5O2/c1-5-29(39)35-26-14-20(6-7-23(26)21-8-10-37(4)11-9-21)15-28-34-18-25(33)30(36-28)22-16-24(32)31-27(17-22)38(19(2)3)12-13-40-31/h6-7,14,16-19,21H,5,8-13,15H2,1-4H3,(H,35,39). The van der Waals surface area contributed by atoms with E-state index in [1.54, 1.807) is 6.07 Å². The molecule has 1 aromatic heterocycles. The Morgan fingerprint density at radius 3 is 2.62 bits per heavy atom. The molecule has 5 rings (SSSR count). The number of carbonyl (C=O) groups excluding carboxylic acids is 1. The van der Waals surface area contributed by atoms with Gasteiger partial charge in [0.1, 0.15) is 18.1 Å².